The first-order valence-corrected chi connectivity index (χ1v) is 9.37. The van der Waals surface area contributed by atoms with E-state index in [9.17, 15) is 28.2 Å². The second kappa shape index (κ2) is 6.88. The van der Waals surface area contributed by atoms with Crippen molar-refractivity contribution in [1.29, 1.82) is 0 Å². The van der Waals surface area contributed by atoms with Gasteiger partial charge in [0, 0.05) is 5.56 Å². The Morgan fingerprint density at radius 3 is 2.38 bits per heavy atom. The number of aromatic nitrogens is 2. The molecule has 3 aromatic carbocycles. The molecule has 0 bridgehead atoms. The van der Waals surface area contributed by atoms with E-state index in [1.54, 1.807) is 24.3 Å². The number of halogens is 3. The molecule has 9 heteroatoms. The number of aromatic hydroxyl groups is 1. The average Bonchev–Trinajstić information content (AvgIpc) is 3.40. The smallest absolute Gasteiger partial charge is 0.416 e. The van der Waals surface area contributed by atoms with Crippen LogP contribution in [-0.2, 0) is 6.18 Å². The van der Waals surface area contributed by atoms with Gasteiger partial charge in [0.25, 0.3) is 0 Å². The number of hydrogen-bond acceptors (Lipinski definition) is 4. The molecule has 5 aromatic rings. The lowest BCUT2D eigenvalue weighted by Crippen LogP contribution is -2.03. The maximum absolute atomic E-state index is 12.8. The van der Waals surface area contributed by atoms with Crippen molar-refractivity contribution in [1.82, 2.24) is 9.97 Å². The number of H-pyrrole nitrogens is 1. The molecule has 0 spiro atoms. The maximum atomic E-state index is 12.8. The van der Waals surface area contributed by atoms with E-state index in [1.165, 1.54) is 18.2 Å². The zero-order chi connectivity index (χ0) is 22.6. The highest BCUT2D eigenvalue weighted by molar-refractivity contribution is 6.10. The molecule has 0 aliphatic carbocycles. The number of rotatable bonds is 3. The van der Waals surface area contributed by atoms with Gasteiger partial charge in [0.05, 0.1) is 22.0 Å². The van der Waals surface area contributed by atoms with Crippen molar-refractivity contribution in [2.24, 2.45) is 0 Å². The molecule has 2 aromatic heterocycles. The van der Waals surface area contributed by atoms with Crippen LogP contribution in [0, 0.1) is 0 Å². The number of carboxylic acid groups (broad SMARTS) is 1. The summed E-state index contributed by atoms with van der Waals surface area (Å²) < 4.78 is 44.1. The molecule has 0 aliphatic heterocycles. The van der Waals surface area contributed by atoms with Gasteiger partial charge in [0.1, 0.15) is 17.0 Å². The molecule has 0 radical (unpaired) electrons. The van der Waals surface area contributed by atoms with Crippen molar-refractivity contribution >= 4 is 27.8 Å². The van der Waals surface area contributed by atoms with E-state index in [0.29, 0.717) is 44.7 Å². The van der Waals surface area contributed by atoms with Crippen LogP contribution in [0.5, 0.6) is 5.75 Å². The van der Waals surface area contributed by atoms with E-state index in [1.807, 2.05) is 0 Å². The molecule has 0 saturated carbocycles. The first kappa shape index (κ1) is 19.7. The number of alkyl halides is 3. The lowest BCUT2D eigenvalue weighted by Gasteiger charge is -2.06. The first-order valence-electron chi connectivity index (χ1n) is 9.37. The van der Waals surface area contributed by atoms with Crippen molar-refractivity contribution in [2.75, 3.05) is 0 Å². The van der Waals surface area contributed by atoms with Gasteiger partial charge in [0.2, 0.25) is 0 Å². The average molecular weight is 438 g/mol. The van der Waals surface area contributed by atoms with Crippen LogP contribution >= 0.6 is 0 Å². The highest BCUT2D eigenvalue weighted by Gasteiger charge is 2.30. The van der Waals surface area contributed by atoms with Crippen LogP contribution in [-0.4, -0.2) is 26.2 Å². The summed E-state index contributed by atoms with van der Waals surface area (Å²) in [6.45, 7) is 0. The number of nitrogens with one attached hydrogen (secondary N) is 1. The first-order chi connectivity index (χ1) is 15.2. The highest BCUT2D eigenvalue weighted by atomic mass is 19.4. The molecular formula is C23H13F3N2O4. The quantitative estimate of drug-likeness (QED) is 0.318. The predicted molar refractivity (Wildman–Crippen MR) is 110 cm³/mol. The number of hydrogen-bond donors (Lipinski definition) is 3. The number of carbonyl (C=O) groups is 1. The van der Waals surface area contributed by atoms with E-state index in [0.717, 1.165) is 18.2 Å². The van der Waals surface area contributed by atoms with Gasteiger partial charge in [-0.05, 0) is 47.9 Å². The van der Waals surface area contributed by atoms with Gasteiger partial charge in [-0.1, -0.05) is 18.2 Å². The van der Waals surface area contributed by atoms with Crippen LogP contribution in [0.15, 0.2) is 65.1 Å². The van der Waals surface area contributed by atoms with Gasteiger partial charge in [-0.15, -0.1) is 0 Å². The number of phenols is 1. The number of nitrogens with zero attached hydrogens (tertiary/aromatic N) is 1. The van der Waals surface area contributed by atoms with E-state index in [2.05, 4.69) is 9.97 Å². The molecule has 0 unspecified atom stereocenters. The molecule has 5 rings (SSSR count). The van der Waals surface area contributed by atoms with E-state index in [4.69, 9.17) is 4.42 Å². The summed E-state index contributed by atoms with van der Waals surface area (Å²) in [6, 6.07) is 13.9. The zero-order valence-corrected chi connectivity index (χ0v) is 16.1. The fourth-order valence-electron chi connectivity index (χ4n) is 3.59. The third-order valence-electron chi connectivity index (χ3n) is 5.13. The topological polar surface area (TPSA) is 99.3 Å². The summed E-state index contributed by atoms with van der Waals surface area (Å²) in [7, 11) is 0. The molecule has 0 aliphatic rings. The SMILES string of the molecule is O=C(O)c1cc(O)c2c(ccc3[nH]c(-c4ccc(-c5ccc(C(F)(F)F)cc5)o4)nc32)c1. The second-order valence-electron chi connectivity index (χ2n) is 7.18. The third kappa shape index (κ3) is 3.24. The molecule has 2 heterocycles. The number of aromatic carboxylic acids is 1. The Balaban J connectivity index is 1.55. The van der Waals surface area contributed by atoms with Gasteiger partial charge in [-0.25, -0.2) is 9.78 Å². The maximum Gasteiger partial charge on any atom is 0.416 e. The Bertz CT molecular complexity index is 1500. The Morgan fingerprint density at radius 2 is 1.69 bits per heavy atom. The highest BCUT2D eigenvalue weighted by Crippen LogP contribution is 2.36. The molecule has 3 N–H and O–H groups in total. The molecule has 6 nitrogen and oxygen atoms in total. The van der Waals surface area contributed by atoms with Crippen LogP contribution in [0.3, 0.4) is 0 Å². The molecule has 0 amide bonds. The Kier molecular flexibility index (Phi) is 4.23. The lowest BCUT2D eigenvalue weighted by molar-refractivity contribution is -0.137. The van der Waals surface area contributed by atoms with E-state index in [-0.39, 0.29) is 11.3 Å². The summed E-state index contributed by atoms with van der Waals surface area (Å²) in [6.07, 6.45) is -4.42. The van der Waals surface area contributed by atoms with Gasteiger partial charge in [-0.3, -0.25) is 0 Å². The molecule has 0 saturated heterocycles. The van der Waals surface area contributed by atoms with Crippen LogP contribution in [0.2, 0.25) is 0 Å². The zero-order valence-electron chi connectivity index (χ0n) is 16.1. The van der Waals surface area contributed by atoms with E-state index < -0.39 is 17.7 Å². The number of fused-ring (bicyclic) bond motifs is 3. The minimum Gasteiger partial charge on any atom is -0.507 e. The van der Waals surface area contributed by atoms with Crippen LogP contribution in [0.1, 0.15) is 15.9 Å². The van der Waals surface area contributed by atoms with Crippen LogP contribution in [0.25, 0.3) is 44.7 Å². The Morgan fingerprint density at radius 1 is 0.969 bits per heavy atom. The number of phenolic OH excluding ortho intramolecular Hbond substituents is 1. The second-order valence-corrected chi connectivity index (χ2v) is 7.18. The summed E-state index contributed by atoms with van der Waals surface area (Å²) >= 11 is 0. The normalized spacial score (nSPS) is 12.0. The molecular weight excluding hydrogens is 425 g/mol. The Labute approximate surface area is 177 Å². The summed E-state index contributed by atoms with van der Waals surface area (Å²) in [5.74, 6) is -0.295. The van der Waals surface area contributed by atoms with Crippen molar-refractivity contribution in [2.45, 2.75) is 6.18 Å². The van der Waals surface area contributed by atoms with Crippen molar-refractivity contribution in [3.63, 3.8) is 0 Å². The number of furan rings is 1. The van der Waals surface area contributed by atoms with Crippen LogP contribution < -0.4 is 0 Å². The number of aromatic amines is 1. The standard InChI is InChI=1S/C23H13F3N2O4/c24-23(25,26)14-4-1-11(2-5-14)17-7-8-18(32-17)21-27-15-6-3-12-9-13(22(30)31)10-16(29)19(12)20(15)28-21/h1-10,29H,(H,27,28)(H,30,31). The molecule has 0 atom stereocenters. The van der Waals surface area contributed by atoms with Gasteiger partial charge in [-0.2, -0.15) is 13.2 Å². The van der Waals surface area contributed by atoms with Crippen molar-refractivity contribution in [3.05, 3.63) is 71.8 Å². The van der Waals surface area contributed by atoms with Crippen molar-refractivity contribution < 1.29 is 32.6 Å². The minimum atomic E-state index is -4.42. The summed E-state index contributed by atoms with van der Waals surface area (Å²) in [5.41, 5.74) is 0.711. The van der Waals surface area contributed by atoms with Gasteiger partial charge in [0.15, 0.2) is 11.6 Å². The fraction of sp³-hybridized carbons (Fsp3) is 0.0435. The van der Waals surface area contributed by atoms with Crippen molar-refractivity contribution in [3.8, 4) is 28.7 Å². The largest absolute Gasteiger partial charge is 0.507 e. The fourth-order valence-corrected chi connectivity index (χ4v) is 3.59. The van der Waals surface area contributed by atoms with Gasteiger partial charge >= 0.3 is 12.1 Å². The monoisotopic (exact) mass is 438 g/mol. The summed E-state index contributed by atoms with van der Waals surface area (Å²) in [5, 5.41) is 20.5. The molecule has 0 fully saturated rings. The molecule has 32 heavy (non-hydrogen) atoms. The Hall–Kier alpha value is -4.27. The predicted octanol–water partition coefficient (Wildman–Crippen LogP) is 6.07. The number of benzene rings is 3. The number of imidazole rings is 1. The minimum absolute atomic E-state index is 0.0441. The summed E-state index contributed by atoms with van der Waals surface area (Å²) in [4.78, 5) is 18.8. The lowest BCUT2D eigenvalue weighted by atomic mass is 10.0. The van der Waals surface area contributed by atoms with Crippen LogP contribution in [0.4, 0.5) is 13.2 Å². The molecule has 160 valence electrons. The third-order valence-corrected chi connectivity index (χ3v) is 5.13. The number of carboxylic acids is 1. The van der Waals surface area contributed by atoms with E-state index >= 15 is 0 Å². The van der Waals surface area contributed by atoms with Gasteiger partial charge < -0.3 is 19.6 Å².